The first-order chi connectivity index (χ1) is 7.25. The molecule has 0 fully saturated rings. The van der Waals surface area contributed by atoms with Crippen molar-refractivity contribution in [3.8, 4) is 11.5 Å². The minimum atomic E-state index is 0.538. The first kappa shape index (κ1) is 9.80. The minimum Gasteiger partial charge on any atom is -0.454 e. The van der Waals surface area contributed by atoms with Crippen LogP contribution < -0.4 is 10.5 Å². The first-order valence-corrected chi connectivity index (χ1v) is 4.76. The zero-order valence-electron chi connectivity index (χ0n) is 7.85. The van der Waals surface area contributed by atoms with E-state index in [4.69, 9.17) is 22.1 Å². The number of hydrogen-bond acceptors (Lipinski definition) is 3. The van der Waals surface area contributed by atoms with E-state index in [1.165, 1.54) is 0 Å². The molecule has 0 spiro atoms. The second-order valence-electron chi connectivity index (χ2n) is 2.97. The monoisotopic (exact) mass is 220 g/mol. The molecule has 0 amide bonds. The standard InChI is InChI=1S/C11H9ClN2O/c12-8-3-4-10(13)11(6-8)15-9-2-1-5-14-7-9/h1-7H,13H2. The molecule has 1 aromatic heterocycles. The summed E-state index contributed by atoms with van der Waals surface area (Å²) in [4.78, 5) is 3.93. The van der Waals surface area contributed by atoms with Gasteiger partial charge in [-0.25, -0.2) is 0 Å². The van der Waals surface area contributed by atoms with Gasteiger partial charge >= 0.3 is 0 Å². The molecule has 3 nitrogen and oxygen atoms in total. The molecule has 0 saturated carbocycles. The van der Waals surface area contributed by atoms with Crippen LogP contribution in [0.3, 0.4) is 0 Å². The lowest BCUT2D eigenvalue weighted by atomic mass is 10.3. The topological polar surface area (TPSA) is 48.1 Å². The highest BCUT2D eigenvalue weighted by Crippen LogP contribution is 2.29. The van der Waals surface area contributed by atoms with Gasteiger partial charge in [0.2, 0.25) is 0 Å². The predicted molar refractivity (Wildman–Crippen MR) is 60.2 cm³/mol. The summed E-state index contributed by atoms with van der Waals surface area (Å²) in [6.07, 6.45) is 3.29. The lowest BCUT2D eigenvalue weighted by Crippen LogP contribution is -1.91. The Kier molecular flexibility index (Phi) is 2.74. The Hall–Kier alpha value is -1.74. The van der Waals surface area contributed by atoms with Crippen LogP contribution in [0.25, 0.3) is 0 Å². The third kappa shape index (κ3) is 2.39. The van der Waals surface area contributed by atoms with E-state index in [1.807, 2.05) is 0 Å². The zero-order chi connectivity index (χ0) is 10.7. The third-order valence-corrected chi connectivity index (χ3v) is 2.07. The molecule has 0 saturated heterocycles. The molecule has 0 radical (unpaired) electrons. The number of hydrogen-bond donors (Lipinski definition) is 1. The highest BCUT2D eigenvalue weighted by molar-refractivity contribution is 6.30. The molecular weight excluding hydrogens is 212 g/mol. The van der Waals surface area contributed by atoms with E-state index in [1.54, 1.807) is 42.7 Å². The summed E-state index contributed by atoms with van der Waals surface area (Å²) in [5, 5.41) is 0.586. The maximum absolute atomic E-state index is 5.83. The van der Waals surface area contributed by atoms with E-state index in [2.05, 4.69) is 4.98 Å². The number of ether oxygens (including phenoxy) is 1. The maximum atomic E-state index is 5.83. The summed E-state index contributed by atoms with van der Waals surface area (Å²) in [7, 11) is 0. The number of anilines is 1. The Bertz CT molecular complexity index is 459. The van der Waals surface area contributed by atoms with Crippen LogP contribution in [-0.2, 0) is 0 Å². The molecule has 76 valence electrons. The zero-order valence-corrected chi connectivity index (χ0v) is 8.61. The number of pyridine rings is 1. The highest BCUT2D eigenvalue weighted by Gasteiger charge is 2.02. The van der Waals surface area contributed by atoms with Crippen molar-refractivity contribution in [3.63, 3.8) is 0 Å². The molecule has 2 N–H and O–H groups in total. The van der Waals surface area contributed by atoms with Gasteiger partial charge in [-0.2, -0.15) is 0 Å². The molecular formula is C11H9ClN2O. The molecule has 2 aromatic rings. The van der Waals surface area contributed by atoms with E-state index in [-0.39, 0.29) is 0 Å². The number of nitrogen functional groups attached to an aromatic ring is 1. The van der Waals surface area contributed by atoms with Crippen LogP contribution in [0.5, 0.6) is 11.5 Å². The van der Waals surface area contributed by atoms with Crippen LogP contribution >= 0.6 is 11.6 Å². The van der Waals surface area contributed by atoms with Crippen LogP contribution in [0.15, 0.2) is 42.7 Å². The molecule has 2 rings (SSSR count). The SMILES string of the molecule is Nc1ccc(Cl)cc1Oc1cccnc1. The number of benzene rings is 1. The number of nitrogens with two attached hydrogens (primary N) is 1. The molecule has 0 aliphatic heterocycles. The van der Waals surface area contributed by atoms with Gasteiger partial charge in [0.15, 0.2) is 5.75 Å². The Balaban J connectivity index is 2.28. The van der Waals surface area contributed by atoms with Gasteiger partial charge in [0.1, 0.15) is 5.75 Å². The van der Waals surface area contributed by atoms with E-state index >= 15 is 0 Å². The van der Waals surface area contributed by atoms with Gasteiger partial charge in [-0.15, -0.1) is 0 Å². The van der Waals surface area contributed by atoms with Gasteiger partial charge in [0, 0.05) is 17.3 Å². The predicted octanol–water partition coefficient (Wildman–Crippen LogP) is 3.11. The van der Waals surface area contributed by atoms with Crippen LogP contribution in [0.1, 0.15) is 0 Å². The van der Waals surface area contributed by atoms with Crippen LogP contribution in [-0.4, -0.2) is 4.98 Å². The van der Waals surface area contributed by atoms with Gasteiger partial charge in [0.05, 0.1) is 11.9 Å². The Morgan fingerprint density at radius 1 is 1.27 bits per heavy atom. The van der Waals surface area contributed by atoms with Crippen LogP contribution in [0.4, 0.5) is 5.69 Å². The molecule has 0 aliphatic carbocycles. The second kappa shape index (κ2) is 4.19. The third-order valence-electron chi connectivity index (χ3n) is 1.84. The summed E-state index contributed by atoms with van der Waals surface area (Å²) in [6, 6.07) is 8.67. The molecule has 15 heavy (non-hydrogen) atoms. The van der Waals surface area contributed by atoms with Crippen molar-refractivity contribution < 1.29 is 4.74 Å². The fourth-order valence-electron chi connectivity index (χ4n) is 1.13. The Morgan fingerprint density at radius 2 is 2.13 bits per heavy atom. The Labute approximate surface area is 92.5 Å². The van der Waals surface area contributed by atoms with Crippen molar-refractivity contribution >= 4 is 17.3 Å². The van der Waals surface area contributed by atoms with Crippen molar-refractivity contribution in [2.45, 2.75) is 0 Å². The molecule has 0 aliphatic rings. The quantitative estimate of drug-likeness (QED) is 0.792. The number of nitrogens with zero attached hydrogens (tertiary/aromatic N) is 1. The largest absolute Gasteiger partial charge is 0.454 e. The highest BCUT2D eigenvalue weighted by atomic mass is 35.5. The van der Waals surface area contributed by atoms with Crippen LogP contribution in [0.2, 0.25) is 5.02 Å². The van der Waals surface area contributed by atoms with Crippen molar-refractivity contribution in [1.82, 2.24) is 4.98 Å². The van der Waals surface area contributed by atoms with E-state index in [0.717, 1.165) is 0 Å². The fourth-order valence-corrected chi connectivity index (χ4v) is 1.29. The van der Waals surface area contributed by atoms with E-state index in [9.17, 15) is 0 Å². The molecule has 1 heterocycles. The van der Waals surface area contributed by atoms with Crippen molar-refractivity contribution in [3.05, 3.63) is 47.7 Å². The lowest BCUT2D eigenvalue weighted by Gasteiger charge is -2.07. The van der Waals surface area contributed by atoms with Gasteiger partial charge in [-0.3, -0.25) is 4.98 Å². The van der Waals surface area contributed by atoms with Gasteiger partial charge in [0.25, 0.3) is 0 Å². The van der Waals surface area contributed by atoms with Crippen molar-refractivity contribution in [1.29, 1.82) is 0 Å². The molecule has 0 bridgehead atoms. The normalized spacial score (nSPS) is 9.93. The summed E-state index contributed by atoms with van der Waals surface area (Å²) < 4.78 is 5.52. The summed E-state index contributed by atoms with van der Waals surface area (Å²) >= 11 is 5.83. The average molecular weight is 221 g/mol. The Morgan fingerprint density at radius 3 is 2.87 bits per heavy atom. The molecule has 4 heteroatoms. The number of rotatable bonds is 2. The average Bonchev–Trinajstić information content (AvgIpc) is 2.25. The van der Waals surface area contributed by atoms with E-state index < -0.39 is 0 Å². The smallest absolute Gasteiger partial charge is 0.151 e. The number of aromatic nitrogens is 1. The minimum absolute atomic E-state index is 0.538. The molecule has 0 unspecified atom stereocenters. The van der Waals surface area contributed by atoms with Gasteiger partial charge < -0.3 is 10.5 Å². The van der Waals surface area contributed by atoms with Gasteiger partial charge in [-0.1, -0.05) is 11.6 Å². The van der Waals surface area contributed by atoms with Gasteiger partial charge in [-0.05, 0) is 24.3 Å². The summed E-state index contributed by atoms with van der Waals surface area (Å²) in [6.45, 7) is 0. The molecule has 1 aromatic carbocycles. The molecule has 0 atom stereocenters. The van der Waals surface area contributed by atoms with Crippen molar-refractivity contribution in [2.24, 2.45) is 0 Å². The van der Waals surface area contributed by atoms with E-state index in [0.29, 0.717) is 22.2 Å². The second-order valence-corrected chi connectivity index (χ2v) is 3.41. The first-order valence-electron chi connectivity index (χ1n) is 4.38. The van der Waals surface area contributed by atoms with Crippen molar-refractivity contribution in [2.75, 3.05) is 5.73 Å². The fraction of sp³-hybridized carbons (Fsp3) is 0. The summed E-state index contributed by atoms with van der Waals surface area (Å²) in [5.74, 6) is 1.17. The lowest BCUT2D eigenvalue weighted by molar-refractivity contribution is 0.482. The maximum Gasteiger partial charge on any atom is 0.151 e. The number of halogens is 1. The van der Waals surface area contributed by atoms with Crippen LogP contribution in [0, 0.1) is 0 Å². The summed E-state index contributed by atoms with van der Waals surface area (Å²) in [5.41, 5.74) is 6.28.